The van der Waals surface area contributed by atoms with Gasteiger partial charge in [-0.2, -0.15) is 4.79 Å². The molecule has 0 unspecified atom stereocenters. The van der Waals surface area contributed by atoms with Gasteiger partial charge >= 0.3 is 5.97 Å². The van der Waals surface area contributed by atoms with Crippen LogP contribution in [0, 0.1) is 0 Å². The van der Waals surface area contributed by atoms with Crippen molar-refractivity contribution in [1.82, 2.24) is 0 Å². The van der Waals surface area contributed by atoms with E-state index in [1.165, 1.54) is 13.3 Å². The molecule has 0 aromatic heterocycles. The molecule has 0 radical (unpaired) electrons. The standard InChI is InChI=1S/C7H12N2O2/c1-11-7(10)5-3-2-4-6-9-8/h6H,2-5H2,1H3. The molecule has 0 aliphatic carbocycles. The van der Waals surface area contributed by atoms with E-state index in [9.17, 15) is 4.79 Å². The molecule has 4 nitrogen and oxygen atoms in total. The third-order valence-corrected chi connectivity index (χ3v) is 1.27. The Morgan fingerprint density at radius 1 is 1.64 bits per heavy atom. The first-order valence-corrected chi connectivity index (χ1v) is 3.54. The first kappa shape index (κ1) is 9.85. The van der Waals surface area contributed by atoms with Crippen molar-refractivity contribution in [3.05, 3.63) is 5.53 Å². The van der Waals surface area contributed by atoms with Crippen LogP contribution in [-0.2, 0) is 9.53 Å². The molecule has 0 aliphatic rings. The van der Waals surface area contributed by atoms with Crippen molar-refractivity contribution in [2.45, 2.75) is 25.7 Å². The van der Waals surface area contributed by atoms with Crippen LogP contribution in [0.15, 0.2) is 0 Å². The van der Waals surface area contributed by atoms with Gasteiger partial charge in [-0.15, -0.1) is 0 Å². The molecule has 0 bridgehead atoms. The van der Waals surface area contributed by atoms with Gasteiger partial charge in [0.05, 0.1) is 7.11 Å². The van der Waals surface area contributed by atoms with Crippen molar-refractivity contribution in [2.24, 2.45) is 0 Å². The Morgan fingerprint density at radius 2 is 2.36 bits per heavy atom. The minimum atomic E-state index is -0.189. The summed E-state index contributed by atoms with van der Waals surface area (Å²) in [7, 11) is 1.37. The lowest BCUT2D eigenvalue weighted by atomic mass is 10.2. The molecular formula is C7H12N2O2. The maximum atomic E-state index is 10.5. The van der Waals surface area contributed by atoms with Gasteiger partial charge in [0.25, 0.3) is 6.21 Å². The van der Waals surface area contributed by atoms with E-state index in [0.29, 0.717) is 12.8 Å². The second-order valence-corrected chi connectivity index (χ2v) is 2.12. The fourth-order valence-electron chi connectivity index (χ4n) is 0.665. The van der Waals surface area contributed by atoms with Gasteiger partial charge < -0.3 is 10.3 Å². The fraction of sp³-hybridized carbons (Fsp3) is 0.714. The number of esters is 1. The maximum Gasteiger partial charge on any atom is 0.305 e. The highest BCUT2D eigenvalue weighted by atomic mass is 16.5. The first-order chi connectivity index (χ1) is 5.31. The van der Waals surface area contributed by atoms with Gasteiger partial charge in [-0.1, -0.05) is 0 Å². The van der Waals surface area contributed by atoms with Crippen LogP contribution in [0.3, 0.4) is 0 Å². The van der Waals surface area contributed by atoms with E-state index in [2.05, 4.69) is 9.53 Å². The molecule has 0 aromatic carbocycles. The zero-order chi connectivity index (χ0) is 8.53. The van der Waals surface area contributed by atoms with E-state index in [4.69, 9.17) is 5.53 Å². The van der Waals surface area contributed by atoms with Crippen LogP contribution in [0.5, 0.6) is 0 Å². The summed E-state index contributed by atoms with van der Waals surface area (Å²) in [5, 5.41) is 0. The number of carbonyl (C=O) groups is 1. The molecule has 0 atom stereocenters. The normalized spacial score (nSPS) is 8.45. The zero-order valence-corrected chi connectivity index (χ0v) is 6.62. The quantitative estimate of drug-likeness (QED) is 0.196. The highest BCUT2D eigenvalue weighted by Crippen LogP contribution is 1.98. The maximum absolute atomic E-state index is 10.5. The van der Waals surface area contributed by atoms with E-state index in [1.807, 2.05) is 0 Å². The third kappa shape index (κ3) is 6.74. The van der Waals surface area contributed by atoms with Crippen molar-refractivity contribution >= 4 is 12.2 Å². The average molecular weight is 156 g/mol. The van der Waals surface area contributed by atoms with Crippen LogP contribution in [0.2, 0.25) is 0 Å². The second kappa shape index (κ2) is 6.96. The number of nitrogens with zero attached hydrogens (tertiary/aromatic N) is 2. The molecule has 0 fully saturated rings. The van der Waals surface area contributed by atoms with E-state index in [-0.39, 0.29) is 5.97 Å². The van der Waals surface area contributed by atoms with Gasteiger partial charge in [0.2, 0.25) is 0 Å². The van der Waals surface area contributed by atoms with Gasteiger partial charge in [-0.25, -0.2) is 0 Å². The molecule has 0 N–H and O–H groups in total. The SMILES string of the molecule is COC(=O)CCCCC=[N+]=[N-]. The summed E-state index contributed by atoms with van der Waals surface area (Å²) in [6.07, 6.45) is 4.18. The van der Waals surface area contributed by atoms with Crippen molar-refractivity contribution in [1.29, 1.82) is 0 Å². The summed E-state index contributed by atoms with van der Waals surface area (Å²) < 4.78 is 4.43. The Kier molecular flexibility index (Phi) is 6.24. The van der Waals surface area contributed by atoms with Gasteiger partial charge in [-0.05, 0) is 12.8 Å². The van der Waals surface area contributed by atoms with Crippen LogP contribution >= 0.6 is 0 Å². The van der Waals surface area contributed by atoms with E-state index < -0.39 is 0 Å². The summed E-state index contributed by atoms with van der Waals surface area (Å²) in [5.74, 6) is -0.189. The van der Waals surface area contributed by atoms with Crippen molar-refractivity contribution in [3.8, 4) is 0 Å². The molecule has 0 saturated heterocycles. The molecule has 0 aromatic rings. The summed E-state index contributed by atoms with van der Waals surface area (Å²) in [5.41, 5.74) is 8.00. The second-order valence-electron chi connectivity index (χ2n) is 2.12. The number of methoxy groups -OCH3 is 1. The predicted molar refractivity (Wildman–Crippen MR) is 40.2 cm³/mol. The number of rotatable bonds is 5. The molecule has 0 amide bonds. The monoisotopic (exact) mass is 156 g/mol. The summed E-state index contributed by atoms with van der Waals surface area (Å²) in [4.78, 5) is 13.4. The van der Waals surface area contributed by atoms with Gasteiger partial charge in [0.1, 0.15) is 0 Å². The Hall–Kier alpha value is -1.15. The Balaban J connectivity index is 3.14. The minimum Gasteiger partial charge on any atom is -0.469 e. The number of hydrogen-bond acceptors (Lipinski definition) is 2. The molecular weight excluding hydrogens is 144 g/mol. The zero-order valence-electron chi connectivity index (χ0n) is 6.62. The minimum absolute atomic E-state index is 0.189. The van der Waals surface area contributed by atoms with Crippen LogP contribution in [-0.4, -0.2) is 24.1 Å². The molecule has 0 spiro atoms. The molecule has 11 heavy (non-hydrogen) atoms. The highest BCUT2D eigenvalue weighted by molar-refractivity contribution is 5.69. The summed E-state index contributed by atoms with van der Waals surface area (Å²) in [6.45, 7) is 0. The number of ether oxygens (including phenoxy) is 1. The van der Waals surface area contributed by atoms with Gasteiger partial charge in [-0.3, -0.25) is 4.79 Å². The van der Waals surface area contributed by atoms with E-state index in [0.717, 1.165) is 12.8 Å². The van der Waals surface area contributed by atoms with Crippen LogP contribution in [0.4, 0.5) is 0 Å². The lowest BCUT2D eigenvalue weighted by molar-refractivity contribution is -0.140. The average Bonchev–Trinajstić information content (AvgIpc) is 2.04. The lowest BCUT2D eigenvalue weighted by Gasteiger charge is -1.94. The largest absolute Gasteiger partial charge is 0.469 e. The summed E-state index contributed by atoms with van der Waals surface area (Å²) >= 11 is 0. The molecule has 0 aliphatic heterocycles. The van der Waals surface area contributed by atoms with Crippen molar-refractivity contribution < 1.29 is 14.3 Å². The van der Waals surface area contributed by atoms with Crippen molar-refractivity contribution in [2.75, 3.05) is 7.11 Å². The number of hydrogen-bond donors (Lipinski definition) is 0. The first-order valence-electron chi connectivity index (χ1n) is 3.54. The molecule has 0 saturated carbocycles. The topological polar surface area (TPSA) is 62.7 Å². The predicted octanol–water partition coefficient (Wildman–Crippen LogP) is 1.02. The Labute approximate surface area is 65.8 Å². The summed E-state index contributed by atoms with van der Waals surface area (Å²) in [6, 6.07) is 0. The van der Waals surface area contributed by atoms with Crippen LogP contribution in [0.25, 0.3) is 5.53 Å². The molecule has 0 rings (SSSR count). The van der Waals surface area contributed by atoms with Gasteiger partial charge in [0, 0.05) is 12.8 Å². The highest BCUT2D eigenvalue weighted by Gasteiger charge is 1.98. The smallest absolute Gasteiger partial charge is 0.305 e. The number of unbranched alkanes of at least 4 members (excludes halogenated alkanes) is 2. The number of carbonyl (C=O) groups excluding carboxylic acids is 1. The van der Waals surface area contributed by atoms with E-state index >= 15 is 0 Å². The fourth-order valence-corrected chi connectivity index (χ4v) is 0.665. The van der Waals surface area contributed by atoms with Crippen molar-refractivity contribution in [3.63, 3.8) is 0 Å². The lowest BCUT2D eigenvalue weighted by Crippen LogP contribution is -1.99. The third-order valence-electron chi connectivity index (χ3n) is 1.27. The Bertz CT molecular complexity index is 162. The molecule has 62 valence electrons. The Morgan fingerprint density at radius 3 is 2.91 bits per heavy atom. The van der Waals surface area contributed by atoms with Crippen LogP contribution in [0.1, 0.15) is 25.7 Å². The molecule has 0 heterocycles. The molecule has 4 heteroatoms. The van der Waals surface area contributed by atoms with E-state index in [1.54, 1.807) is 0 Å². The van der Waals surface area contributed by atoms with Gasteiger partial charge in [0.15, 0.2) is 0 Å². The van der Waals surface area contributed by atoms with Crippen LogP contribution < -0.4 is 0 Å².